The molecule has 5 nitrogen and oxygen atoms in total. The van der Waals surface area contributed by atoms with Gasteiger partial charge in [-0.25, -0.2) is 0 Å². The maximum atomic E-state index is 12.7. The molecule has 2 heterocycles. The average molecular weight is 392 g/mol. The van der Waals surface area contributed by atoms with E-state index in [4.69, 9.17) is 4.74 Å². The molecule has 1 saturated heterocycles. The second-order valence-electron chi connectivity index (χ2n) is 5.97. The summed E-state index contributed by atoms with van der Waals surface area (Å²) in [5.41, 5.74) is 1.44. The van der Waals surface area contributed by atoms with Crippen molar-refractivity contribution >= 4 is 33.6 Å². The van der Waals surface area contributed by atoms with Gasteiger partial charge in [0.15, 0.2) is 5.78 Å². The van der Waals surface area contributed by atoms with Crippen LogP contribution in [0.1, 0.15) is 18.9 Å². The minimum atomic E-state index is -0.704. The largest absolute Gasteiger partial charge is 0.466 e. The van der Waals surface area contributed by atoms with Crippen LogP contribution in [0.4, 0.5) is 0 Å². The van der Waals surface area contributed by atoms with Gasteiger partial charge in [0.25, 0.3) is 5.91 Å². The molecule has 0 radical (unpaired) electrons. The fourth-order valence-electron chi connectivity index (χ4n) is 3.32. The van der Waals surface area contributed by atoms with E-state index in [1.54, 1.807) is 6.92 Å². The van der Waals surface area contributed by atoms with Crippen LogP contribution < -0.4 is 0 Å². The third-order valence-electron chi connectivity index (χ3n) is 4.44. The lowest BCUT2D eigenvalue weighted by Gasteiger charge is -2.30. The molecule has 0 N–H and O–H groups in total. The Kier molecular flexibility index (Phi) is 4.85. The van der Waals surface area contributed by atoms with Crippen LogP contribution in [-0.2, 0) is 25.5 Å². The van der Waals surface area contributed by atoms with Gasteiger partial charge in [0.1, 0.15) is 6.04 Å². The van der Waals surface area contributed by atoms with E-state index in [0.29, 0.717) is 25.0 Å². The number of ketones is 1. The van der Waals surface area contributed by atoms with E-state index < -0.39 is 17.9 Å². The zero-order chi connectivity index (χ0) is 17.3. The number of halogens is 1. The van der Waals surface area contributed by atoms with Crippen LogP contribution in [0.3, 0.4) is 0 Å². The first kappa shape index (κ1) is 16.9. The highest BCUT2D eigenvalue weighted by atomic mass is 79.9. The summed E-state index contributed by atoms with van der Waals surface area (Å²) in [6.45, 7) is 2.42. The summed E-state index contributed by atoms with van der Waals surface area (Å²) in [6.07, 6.45) is 2.29. The predicted octanol–water partition coefficient (Wildman–Crippen LogP) is 2.28. The molecule has 1 fully saturated rings. The standard InChI is InChI=1S/C18H18BrNO4/c1-2-24-18(23)14-7-8-20-16(14)15(21)10-12(17(20)22)9-11-3-5-13(19)6-4-11/h3-6,10,14,16H,2,7-9H2,1H3. The molecule has 2 unspecified atom stereocenters. The minimum Gasteiger partial charge on any atom is -0.466 e. The molecule has 0 aliphatic carbocycles. The van der Waals surface area contributed by atoms with Crippen molar-refractivity contribution < 1.29 is 19.1 Å². The van der Waals surface area contributed by atoms with Crippen molar-refractivity contribution in [2.75, 3.05) is 13.2 Å². The number of ether oxygens (including phenoxy) is 1. The smallest absolute Gasteiger partial charge is 0.311 e. The van der Waals surface area contributed by atoms with Gasteiger partial charge in [-0.1, -0.05) is 28.1 Å². The first-order valence-corrected chi connectivity index (χ1v) is 8.77. The number of rotatable bonds is 4. The number of carbonyl (C=O) groups is 3. The highest BCUT2D eigenvalue weighted by Crippen LogP contribution is 2.32. The van der Waals surface area contributed by atoms with Gasteiger partial charge in [0.2, 0.25) is 0 Å². The molecule has 2 atom stereocenters. The zero-order valence-electron chi connectivity index (χ0n) is 13.3. The van der Waals surface area contributed by atoms with Crippen LogP contribution in [-0.4, -0.2) is 41.8 Å². The maximum Gasteiger partial charge on any atom is 0.311 e. The lowest BCUT2D eigenvalue weighted by atomic mass is 9.91. The summed E-state index contributed by atoms with van der Waals surface area (Å²) in [5.74, 6) is -1.28. The quantitative estimate of drug-likeness (QED) is 0.738. The Morgan fingerprint density at radius 1 is 1.29 bits per heavy atom. The van der Waals surface area contributed by atoms with E-state index in [2.05, 4.69) is 15.9 Å². The van der Waals surface area contributed by atoms with Crippen molar-refractivity contribution in [3.05, 3.63) is 46.0 Å². The number of fused-ring (bicyclic) bond motifs is 1. The lowest BCUT2D eigenvalue weighted by Crippen LogP contribution is -2.48. The van der Waals surface area contributed by atoms with Crippen molar-refractivity contribution in [1.82, 2.24) is 4.90 Å². The number of esters is 1. The number of hydrogen-bond donors (Lipinski definition) is 0. The maximum absolute atomic E-state index is 12.7. The van der Waals surface area contributed by atoms with Gasteiger partial charge in [-0.3, -0.25) is 14.4 Å². The van der Waals surface area contributed by atoms with Crippen molar-refractivity contribution in [3.8, 4) is 0 Å². The van der Waals surface area contributed by atoms with Gasteiger partial charge in [-0.15, -0.1) is 0 Å². The van der Waals surface area contributed by atoms with E-state index in [-0.39, 0.29) is 18.3 Å². The second kappa shape index (κ2) is 6.89. The first-order chi connectivity index (χ1) is 11.5. The van der Waals surface area contributed by atoms with Crippen LogP contribution in [0.5, 0.6) is 0 Å². The van der Waals surface area contributed by atoms with E-state index >= 15 is 0 Å². The second-order valence-corrected chi connectivity index (χ2v) is 6.88. The first-order valence-electron chi connectivity index (χ1n) is 7.97. The molecule has 6 heteroatoms. The Labute approximate surface area is 148 Å². The topological polar surface area (TPSA) is 63.7 Å². The Hall–Kier alpha value is -1.95. The van der Waals surface area contributed by atoms with Gasteiger partial charge < -0.3 is 9.64 Å². The summed E-state index contributed by atoms with van der Waals surface area (Å²) < 4.78 is 6.00. The number of amides is 1. The van der Waals surface area contributed by atoms with Gasteiger partial charge in [0.05, 0.1) is 12.5 Å². The molecule has 126 valence electrons. The molecule has 1 aromatic carbocycles. The van der Waals surface area contributed by atoms with Crippen LogP contribution in [0.2, 0.25) is 0 Å². The summed E-state index contributed by atoms with van der Waals surface area (Å²) in [4.78, 5) is 38.7. The molecular weight excluding hydrogens is 374 g/mol. The number of hydrogen-bond acceptors (Lipinski definition) is 4. The molecule has 0 bridgehead atoms. The monoisotopic (exact) mass is 391 g/mol. The number of carbonyl (C=O) groups excluding carboxylic acids is 3. The molecule has 24 heavy (non-hydrogen) atoms. The fourth-order valence-corrected chi connectivity index (χ4v) is 3.58. The molecule has 0 spiro atoms. The van der Waals surface area contributed by atoms with Crippen LogP contribution >= 0.6 is 15.9 Å². The molecule has 1 amide bonds. The summed E-state index contributed by atoms with van der Waals surface area (Å²) in [7, 11) is 0. The third-order valence-corrected chi connectivity index (χ3v) is 4.97. The molecule has 0 saturated carbocycles. The molecule has 0 aromatic heterocycles. The third kappa shape index (κ3) is 3.15. The SMILES string of the molecule is CCOC(=O)C1CCN2C(=O)C(Cc3ccc(Br)cc3)=CC(=O)C12. The van der Waals surface area contributed by atoms with Crippen molar-refractivity contribution in [2.24, 2.45) is 5.92 Å². The highest BCUT2D eigenvalue weighted by molar-refractivity contribution is 9.10. The summed E-state index contributed by atoms with van der Waals surface area (Å²) >= 11 is 3.37. The van der Waals surface area contributed by atoms with E-state index in [9.17, 15) is 14.4 Å². The predicted molar refractivity (Wildman–Crippen MR) is 91.2 cm³/mol. The normalized spacial score (nSPS) is 23.1. The van der Waals surface area contributed by atoms with Crippen LogP contribution in [0.25, 0.3) is 0 Å². The molecule has 3 rings (SSSR count). The Morgan fingerprint density at radius 3 is 2.67 bits per heavy atom. The van der Waals surface area contributed by atoms with Crippen molar-refractivity contribution in [2.45, 2.75) is 25.8 Å². The minimum absolute atomic E-state index is 0.158. The molecule has 2 aliphatic heterocycles. The fraction of sp³-hybridized carbons (Fsp3) is 0.389. The number of benzene rings is 1. The van der Waals surface area contributed by atoms with Gasteiger partial charge >= 0.3 is 5.97 Å². The Morgan fingerprint density at radius 2 is 2.00 bits per heavy atom. The number of nitrogens with zero attached hydrogens (tertiary/aromatic N) is 1. The van der Waals surface area contributed by atoms with Gasteiger partial charge in [0, 0.05) is 23.0 Å². The zero-order valence-corrected chi connectivity index (χ0v) is 14.9. The van der Waals surface area contributed by atoms with Crippen LogP contribution in [0.15, 0.2) is 40.4 Å². The molecule has 1 aromatic rings. The van der Waals surface area contributed by atoms with Gasteiger partial charge in [-0.2, -0.15) is 0 Å². The summed E-state index contributed by atoms with van der Waals surface area (Å²) in [6, 6.07) is 6.94. The van der Waals surface area contributed by atoms with Gasteiger partial charge in [-0.05, 0) is 37.1 Å². The summed E-state index contributed by atoms with van der Waals surface area (Å²) in [5, 5.41) is 0. The molecular formula is C18H18BrNO4. The van der Waals surface area contributed by atoms with E-state index in [0.717, 1.165) is 10.0 Å². The Bertz CT molecular complexity index is 710. The lowest BCUT2D eigenvalue weighted by molar-refractivity contribution is -0.151. The van der Waals surface area contributed by atoms with E-state index in [1.165, 1.54) is 11.0 Å². The highest BCUT2D eigenvalue weighted by Gasteiger charge is 2.48. The average Bonchev–Trinajstić information content (AvgIpc) is 3.00. The van der Waals surface area contributed by atoms with E-state index in [1.807, 2.05) is 24.3 Å². The Balaban J connectivity index is 1.81. The van der Waals surface area contributed by atoms with Crippen molar-refractivity contribution in [3.63, 3.8) is 0 Å². The van der Waals surface area contributed by atoms with Crippen LogP contribution in [0, 0.1) is 5.92 Å². The van der Waals surface area contributed by atoms with Crippen molar-refractivity contribution in [1.29, 1.82) is 0 Å². The molecule has 2 aliphatic rings.